The SMILES string of the molecule is CC(C)(C)[S+]([O-])N[C@@H]1c2ccccc2CC12CCN(c1nc(N=[N+]=[N-])c(C=O)s1)CC2. The number of hydrogen-bond donors (Lipinski definition) is 1. The third-order valence-corrected chi connectivity index (χ3v) is 8.79. The Morgan fingerprint density at radius 2 is 2.10 bits per heavy atom. The summed E-state index contributed by atoms with van der Waals surface area (Å²) in [6, 6.07) is 8.48. The minimum absolute atomic E-state index is 0.0144. The predicted molar refractivity (Wildman–Crippen MR) is 124 cm³/mol. The molecule has 1 aromatic heterocycles. The summed E-state index contributed by atoms with van der Waals surface area (Å²) in [6.07, 6.45) is 3.46. The Labute approximate surface area is 189 Å². The van der Waals surface area contributed by atoms with E-state index in [0.717, 1.165) is 32.4 Å². The number of nitrogens with one attached hydrogen (secondary N) is 1. The Balaban J connectivity index is 1.57. The number of azide groups is 1. The van der Waals surface area contributed by atoms with Crippen molar-refractivity contribution in [2.75, 3.05) is 18.0 Å². The predicted octanol–water partition coefficient (Wildman–Crippen LogP) is 4.83. The van der Waals surface area contributed by atoms with E-state index in [-0.39, 0.29) is 22.0 Å². The molecular formula is C21H26N6O2S2. The lowest BCUT2D eigenvalue weighted by atomic mass is 9.73. The fraction of sp³-hybridized carbons (Fsp3) is 0.524. The number of hydrogen-bond acceptors (Lipinski definition) is 7. The van der Waals surface area contributed by atoms with Crippen LogP contribution in [-0.4, -0.2) is 33.7 Å². The van der Waals surface area contributed by atoms with Crippen LogP contribution in [0.4, 0.5) is 10.9 Å². The summed E-state index contributed by atoms with van der Waals surface area (Å²) in [4.78, 5) is 20.9. The third-order valence-electron chi connectivity index (χ3n) is 6.20. The highest BCUT2D eigenvalue weighted by Gasteiger charge is 2.50. The molecule has 2 atom stereocenters. The van der Waals surface area contributed by atoms with Crippen molar-refractivity contribution in [2.45, 2.75) is 50.8 Å². The largest absolute Gasteiger partial charge is 0.598 e. The molecule has 1 aromatic carbocycles. The van der Waals surface area contributed by atoms with Crippen LogP contribution in [0.2, 0.25) is 0 Å². The van der Waals surface area contributed by atoms with Gasteiger partial charge in [-0.05, 0) is 61.8 Å². The molecule has 1 saturated heterocycles. The van der Waals surface area contributed by atoms with E-state index in [2.05, 4.69) is 48.9 Å². The minimum atomic E-state index is -1.17. The van der Waals surface area contributed by atoms with Gasteiger partial charge in [-0.3, -0.25) is 4.79 Å². The fourth-order valence-electron chi connectivity index (χ4n) is 4.51. The molecule has 0 bridgehead atoms. The van der Waals surface area contributed by atoms with Crippen LogP contribution >= 0.6 is 11.3 Å². The van der Waals surface area contributed by atoms with Crippen molar-refractivity contribution in [1.29, 1.82) is 0 Å². The van der Waals surface area contributed by atoms with Crippen molar-refractivity contribution >= 4 is 39.9 Å². The van der Waals surface area contributed by atoms with Crippen LogP contribution in [0, 0.1) is 5.41 Å². The zero-order valence-electron chi connectivity index (χ0n) is 17.9. The first-order chi connectivity index (χ1) is 14.8. The monoisotopic (exact) mass is 458 g/mol. The number of piperidine rings is 1. The van der Waals surface area contributed by atoms with E-state index >= 15 is 0 Å². The van der Waals surface area contributed by atoms with Crippen LogP contribution in [0.5, 0.6) is 0 Å². The third kappa shape index (κ3) is 4.18. The van der Waals surface area contributed by atoms with Crippen molar-refractivity contribution < 1.29 is 9.35 Å². The lowest BCUT2D eigenvalue weighted by Crippen LogP contribution is -2.49. The lowest BCUT2D eigenvalue weighted by molar-refractivity contribution is 0.112. The average Bonchev–Trinajstić information content (AvgIpc) is 3.27. The first-order valence-electron chi connectivity index (χ1n) is 10.3. The van der Waals surface area contributed by atoms with Crippen molar-refractivity contribution in [1.82, 2.24) is 9.71 Å². The Bertz CT molecular complexity index is 1020. The van der Waals surface area contributed by atoms with Crippen LogP contribution in [0.3, 0.4) is 0 Å². The molecule has 0 radical (unpaired) electrons. The number of carbonyl (C=O) groups excluding carboxylic acids is 1. The Morgan fingerprint density at radius 1 is 1.39 bits per heavy atom. The van der Waals surface area contributed by atoms with Gasteiger partial charge in [-0.2, -0.15) is 0 Å². The summed E-state index contributed by atoms with van der Waals surface area (Å²) in [5.74, 6) is 0.145. The summed E-state index contributed by atoms with van der Waals surface area (Å²) < 4.78 is 16.1. The van der Waals surface area contributed by atoms with Gasteiger partial charge in [0.05, 0.1) is 10.9 Å². The van der Waals surface area contributed by atoms with Gasteiger partial charge in [-0.15, -0.1) is 4.72 Å². The molecule has 10 heteroatoms. The first kappa shape index (κ1) is 22.1. The molecule has 0 amide bonds. The summed E-state index contributed by atoms with van der Waals surface area (Å²) in [5.41, 5.74) is 11.3. The van der Waals surface area contributed by atoms with Crippen LogP contribution in [-0.2, 0) is 17.8 Å². The molecule has 1 unspecified atom stereocenters. The van der Waals surface area contributed by atoms with Gasteiger partial charge in [0.25, 0.3) is 0 Å². The van der Waals surface area contributed by atoms with E-state index in [1.807, 2.05) is 20.8 Å². The van der Waals surface area contributed by atoms with Gasteiger partial charge in [0, 0.05) is 34.8 Å². The number of anilines is 1. The fourth-order valence-corrected chi connectivity index (χ4v) is 6.32. The van der Waals surface area contributed by atoms with Crippen molar-refractivity contribution in [3.63, 3.8) is 0 Å². The Hall–Kier alpha value is -2.10. The number of aldehydes is 1. The standard InChI is InChI=1S/C21H26N6O2S2/c1-20(2,3)31(29)25-17-15-7-5-4-6-14(15)12-21(17)8-10-27(11-9-21)19-23-18(24-26-22)16(13-28)30-19/h4-7,13,17,25H,8-12H2,1-3H3/t17-,31?/m1/s1. The molecule has 1 N–H and O–H groups in total. The van der Waals surface area contributed by atoms with Gasteiger partial charge >= 0.3 is 0 Å². The molecule has 1 spiro atoms. The molecule has 1 aliphatic carbocycles. The number of thiazole rings is 1. The van der Waals surface area contributed by atoms with Crippen molar-refractivity contribution in [2.24, 2.45) is 10.5 Å². The van der Waals surface area contributed by atoms with Gasteiger partial charge < -0.3 is 9.45 Å². The second kappa shape index (κ2) is 8.44. The number of nitrogens with zero attached hydrogens (tertiary/aromatic N) is 5. The molecule has 2 aliphatic rings. The maximum absolute atomic E-state index is 13.0. The number of carbonyl (C=O) groups is 1. The second-order valence-electron chi connectivity index (χ2n) is 9.15. The average molecular weight is 459 g/mol. The quantitative estimate of drug-likeness (QED) is 0.226. The van der Waals surface area contributed by atoms with E-state index < -0.39 is 11.4 Å². The molecular weight excluding hydrogens is 432 g/mol. The van der Waals surface area contributed by atoms with Gasteiger partial charge in [0.15, 0.2) is 17.2 Å². The molecule has 164 valence electrons. The van der Waals surface area contributed by atoms with Crippen molar-refractivity contribution in [3.8, 4) is 0 Å². The molecule has 8 nitrogen and oxygen atoms in total. The number of fused-ring (bicyclic) bond motifs is 1. The van der Waals surface area contributed by atoms with E-state index in [0.29, 0.717) is 16.3 Å². The zero-order chi connectivity index (χ0) is 22.2. The summed E-state index contributed by atoms with van der Waals surface area (Å²) in [7, 11) is 0. The normalized spacial score (nSPS) is 20.9. The van der Waals surface area contributed by atoms with Gasteiger partial charge in [0.1, 0.15) is 4.75 Å². The van der Waals surface area contributed by atoms with Crippen molar-refractivity contribution in [3.05, 3.63) is 50.7 Å². The van der Waals surface area contributed by atoms with E-state index in [9.17, 15) is 9.35 Å². The van der Waals surface area contributed by atoms with E-state index in [1.54, 1.807) is 0 Å². The summed E-state index contributed by atoms with van der Waals surface area (Å²) in [6.45, 7) is 7.51. The molecule has 2 heterocycles. The summed E-state index contributed by atoms with van der Waals surface area (Å²) in [5, 5.41) is 4.24. The molecule has 31 heavy (non-hydrogen) atoms. The maximum atomic E-state index is 13.0. The second-order valence-corrected chi connectivity index (χ2v) is 12.2. The molecule has 2 aromatic rings. The highest BCUT2D eigenvalue weighted by molar-refractivity contribution is 7.90. The van der Waals surface area contributed by atoms with Gasteiger partial charge in [0.2, 0.25) is 0 Å². The zero-order valence-corrected chi connectivity index (χ0v) is 19.5. The highest BCUT2D eigenvalue weighted by atomic mass is 32.2. The van der Waals surface area contributed by atoms with E-state index in [4.69, 9.17) is 5.53 Å². The Kier molecular flexibility index (Phi) is 6.02. The number of rotatable bonds is 5. The smallest absolute Gasteiger partial charge is 0.186 e. The van der Waals surface area contributed by atoms with Crippen LogP contribution in [0.15, 0.2) is 29.4 Å². The van der Waals surface area contributed by atoms with Gasteiger partial charge in [-0.25, -0.2) is 4.98 Å². The number of benzene rings is 1. The molecule has 4 rings (SSSR count). The number of aromatic nitrogens is 1. The maximum Gasteiger partial charge on any atom is 0.186 e. The first-order valence-corrected chi connectivity index (χ1v) is 12.3. The summed E-state index contributed by atoms with van der Waals surface area (Å²) >= 11 is 0.0872. The molecule has 1 aliphatic heterocycles. The van der Waals surface area contributed by atoms with Crippen LogP contribution < -0.4 is 9.62 Å². The topological polar surface area (TPSA) is 117 Å². The highest BCUT2D eigenvalue weighted by Crippen LogP contribution is 2.53. The minimum Gasteiger partial charge on any atom is -0.598 e. The lowest BCUT2D eigenvalue weighted by Gasteiger charge is -2.43. The Morgan fingerprint density at radius 3 is 2.74 bits per heavy atom. The van der Waals surface area contributed by atoms with Crippen LogP contribution in [0.1, 0.15) is 60.5 Å². The van der Waals surface area contributed by atoms with E-state index in [1.165, 1.54) is 22.5 Å². The van der Waals surface area contributed by atoms with Crippen LogP contribution in [0.25, 0.3) is 10.4 Å². The molecule has 0 saturated carbocycles. The molecule has 1 fully saturated rings. The van der Waals surface area contributed by atoms with Gasteiger partial charge in [-0.1, -0.05) is 35.6 Å².